The van der Waals surface area contributed by atoms with Gasteiger partial charge in [0, 0.05) is 5.38 Å². The van der Waals surface area contributed by atoms with E-state index in [1.807, 2.05) is 0 Å². The van der Waals surface area contributed by atoms with Crippen LogP contribution in [-0.2, 0) is 0 Å². The summed E-state index contributed by atoms with van der Waals surface area (Å²) in [4.78, 5) is 3.81. The van der Waals surface area contributed by atoms with Crippen LogP contribution in [0.3, 0.4) is 0 Å². The summed E-state index contributed by atoms with van der Waals surface area (Å²) in [5, 5.41) is 2.75. The molecule has 0 atom stereocenters. The van der Waals surface area contributed by atoms with Gasteiger partial charge < -0.3 is 0 Å². The van der Waals surface area contributed by atoms with Crippen molar-refractivity contribution in [3.8, 4) is 0 Å². The molecule has 0 aliphatic heterocycles. The molecule has 1 heterocycles. The Balaban J connectivity index is 2.77. The molecule has 0 spiro atoms. The molecule has 5 heteroatoms. The predicted octanol–water partition coefficient (Wildman–Crippen LogP) is -0.303. The second kappa shape index (κ2) is 2.08. The first-order valence-electron chi connectivity index (χ1n) is 1.98. The molecule has 0 fully saturated rings. The van der Waals surface area contributed by atoms with E-state index in [9.17, 15) is 0 Å². The summed E-state index contributed by atoms with van der Waals surface area (Å²) in [6.07, 6.45) is 0. The number of rotatable bonds is 1. The highest BCUT2D eigenvalue weighted by Gasteiger charge is 1.93. The number of aromatic nitrogens is 1. The van der Waals surface area contributed by atoms with E-state index in [0.717, 1.165) is 5.12 Å². The van der Waals surface area contributed by atoms with Gasteiger partial charge in [-0.15, -0.1) is 11.3 Å². The molecule has 8 heavy (non-hydrogen) atoms. The van der Waals surface area contributed by atoms with Crippen molar-refractivity contribution in [3.63, 3.8) is 0 Å². The Morgan fingerprint density at radius 2 is 2.38 bits per heavy atom. The van der Waals surface area contributed by atoms with Crippen molar-refractivity contribution < 1.29 is 0 Å². The zero-order valence-electron chi connectivity index (χ0n) is 4.11. The summed E-state index contributed by atoms with van der Waals surface area (Å²) in [5.41, 5.74) is 1.67. The molecule has 0 aliphatic carbocycles. The summed E-state index contributed by atoms with van der Waals surface area (Å²) in [5.74, 6) is 10.8. The standard InChI is InChI=1S/C3H6N4S/c4-7(5)3-1-8-2-6-3/h1-2H,4-5H2. The van der Waals surface area contributed by atoms with Crippen LogP contribution >= 0.6 is 11.3 Å². The lowest BCUT2D eigenvalue weighted by atomic mass is 10.8. The Labute approximate surface area is 50.7 Å². The average molecular weight is 130 g/mol. The van der Waals surface area contributed by atoms with Gasteiger partial charge >= 0.3 is 0 Å². The summed E-state index contributed by atoms with van der Waals surface area (Å²) in [6.45, 7) is 0. The lowest BCUT2D eigenvalue weighted by Gasteiger charge is -2.04. The van der Waals surface area contributed by atoms with Gasteiger partial charge in [-0.2, -0.15) is 0 Å². The van der Waals surface area contributed by atoms with Crippen molar-refractivity contribution in [2.24, 2.45) is 11.7 Å². The van der Waals surface area contributed by atoms with Crippen LogP contribution in [0.25, 0.3) is 0 Å². The molecule has 0 aliphatic rings. The van der Waals surface area contributed by atoms with Gasteiger partial charge in [0.2, 0.25) is 0 Å². The molecule has 0 saturated heterocycles. The Morgan fingerprint density at radius 3 is 2.62 bits per heavy atom. The maximum atomic E-state index is 5.11. The number of hydrazine groups is 2. The molecule has 0 bridgehead atoms. The molecule has 44 valence electrons. The van der Waals surface area contributed by atoms with Crippen LogP contribution in [0.2, 0.25) is 0 Å². The van der Waals surface area contributed by atoms with Gasteiger partial charge in [-0.3, -0.25) is 0 Å². The van der Waals surface area contributed by atoms with E-state index in [0.29, 0.717) is 5.82 Å². The van der Waals surface area contributed by atoms with Gasteiger partial charge in [-0.1, -0.05) is 0 Å². The van der Waals surface area contributed by atoms with Gasteiger partial charge in [0.1, 0.15) is 0 Å². The molecule has 1 aromatic heterocycles. The number of thiazole rings is 1. The smallest absolute Gasteiger partial charge is 0.168 e. The maximum absolute atomic E-state index is 5.11. The predicted molar refractivity (Wildman–Crippen MR) is 33.0 cm³/mol. The van der Waals surface area contributed by atoms with E-state index in [1.54, 1.807) is 10.9 Å². The maximum Gasteiger partial charge on any atom is 0.168 e. The number of hydrogen-bond donors (Lipinski definition) is 2. The summed E-state index contributed by atoms with van der Waals surface area (Å²) in [7, 11) is 0. The molecule has 4 N–H and O–H groups in total. The number of nitrogens with two attached hydrogens (primary N) is 2. The summed E-state index contributed by atoms with van der Waals surface area (Å²) in [6, 6.07) is 0. The Morgan fingerprint density at radius 1 is 1.62 bits per heavy atom. The van der Waals surface area contributed by atoms with Gasteiger partial charge in [0.25, 0.3) is 0 Å². The second-order valence-electron chi connectivity index (χ2n) is 1.25. The zero-order chi connectivity index (χ0) is 5.98. The molecule has 0 radical (unpaired) electrons. The van der Waals surface area contributed by atoms with E-state index in [1.165, 1.54) is 11.3 Å². The van der Waals surface area contributed by atoms with Crippen molar-refractivity contribution in [1.82, 2.24) is 4.98 Å². The highest BCUT2D eigenvalue weighted by molar-refractivity contribution is 7.07. The van der Waals surface area contributed by atoms with Crippen molar-refractivity contribution in [3.05, 3.63) is 10.9 Å². The van der Waals surface area contributed by atoms with Crippen molar-refractivity contribution >= 4 is 17.2 Å². The SMILES string of the molecule is NN(N)c1cscn1. The monoisotopic (exact) mass is 130 g/mol. The Kier molecular flexibility index (Phi) is 1.43. The molecule has 4 nitrogen and oxygen atoms in total. The minimum atomic E-state index is 0.593. The van der Waals surface area contributed by atoms with Crippen LogP contribution < -0.4 is 16.8 Å². The largest absolute Gasteiger partial charge is 0.231 e. The fourth-order valence-corrected chi connectivity index (χ4v) is 0.868. The highest BCUT2D eigenvalue weighted by Crippen LogP contribution is 2.06. The van der Waals surface area contributed by atoms with Crippen LogP contribution in [0.1, 0.15) is 0 Å². The molecule has 1 rings (SSSR count). The lowest BCUT2D eigenvalue weighted by molar-refractivity contribution is 0.903. The number of hydrogen-bond acceptors (Lipinski definition) is 5. The second-order valence-corrected chi connectivity index (χ2v) is 1.97. The van der Waals surface area contributed by atoms with Crippen LogP contribution in [0, 0.1) is 0 Å². The summed E-state index contributed by atoms with van der Waals surface area (Å²) < 4.78 is 0. The van der Waals surface area contributed by atoms with E-state index >= 15 is 0 Å². The molecule has 0 amide bonds. The van der Waals surface area contributed by atoms with Crippen molar-refractivity contribution in [2.45, 2.75) is 0 Å². The Hall–Kier alpha value is -0.650. The molecule has 0 saturated carbocycles. The fourth-order valence-electron chi connectivity index (χ4n) is 0.334. The molecule has 0 aromatic carbocycles. The van der Waals surface area contributed by atoms with Crippen LogP contribution in [0.5, 0.6) is 0 Å². The van der Waals surface area contributed by atoms with E-state index < -0.39 is 0 Å². The van der Waals surface area contributed by atoms with E-state index in [4.69, 9.17) is 11.7 Å². The first-order chi connectivity index (χ1) is 3.80. The number of anilines is 1. The van der Waals surface area contributed by atoms with Crippen molar-refractivity contribution in [1.29, 1.82) is 0 Å². The normalized spacial score (nSPS) is 9.25. The van der Waals surface area contributed by atoms with E-state index in [-0.39, 0.29) is 0 Å². The molecular weight excluding hydrogens is 124 g/mol. The van der Waals surface area contributed by atoms with Gasteiger partial charge in [-0.05, 0) is 0 Å². The van der Waals surface area contributed by atoms with Crippen LogP contribution in [0.4, 0.5) is 5.82 Å². The first-order valence-corrected chi connectivity index (χ1v) is 2.92. The molecule has 1 aromatic rings. The zero-order valence-corrected chi connectivity index (χ0v) is 4.93. The third-order valence-electron chi connectivity index (χ3n) is 0.684. The fraction of sp³-hybridized carbons (Fsp3) is 0. The molecule has 0 unspecified atom stereocenters. The van der Waals surface area contributed by atoms with Gasteiger partial charge in [-0.25, -0.2) is 21.8 Å². The minimum Gasteiger partial charge on any atom is -0.231 e. The average Bonchev–Trinajstić information content (AvgIpc) is 2.12. The van der Waals surface area contributed by atoms with Crippen LogP contribution in [-0.4, -0.2) is 4.98 Å². The topological polar surface area (TPSA) is 68.2 Å². The minimum absolute atomic E-state index is 0.593. The van der Waals surface area contributed by atoms with Crippen molar-refractivity contribution in [2.75, 3.05) is 5.12 Å². The number of nitrogens with zero attached hydrogens (tertiary/aromatic N) is 2. The quantitative estimate of drug-likeness (QED) is 0.404. The third kappa shape index (κ3) is 0.945. The first kappa shape index (κ1) is 5.49. The van der Waals surface area contributed by atoms with E-state index in [2.05, 4.69) is 4.98 Å². The van der Waals surface area contributed by atoms with Crippen LogP contribution in [0.15, 0.2) is 10.9 Å². The third-order valence-corrected chi connectivity index (χ3v) is 1.26. The Bertz CT molecular complexity index is 146. The molecular formula is C3H6N4S. The van der Waals surface area contributed by atoms with Gasteiger partial charge in [0.15, 0.2) is 5.82 Å². The van der Waals surface area contributed by atoms with Gasteiger partial charge in [0.05, 0.1) is 5.51 Å². The summed E-state index contributed by atoms with van der Waals surface area (Å²) >= 11 is 1.46. The lowest BCUT2D eigenvalue weighted by Crippen LogP contribution is -2.37. The highest BCUT2D eigenvalue weighted by atomic mass is 32.1.